The van der Waals surface area contributed by atoms with Gasteiger partial charge in [0.05, 0.1) is 24.8 Å². The molecule has 0 fully saturated rings. The van der Waals surface area contributed by atoms with Crippen molar-refractivity contribution in [1.29, 1.82) is 0 Å². The van der Waals surface area contributed by atoms with Crippen LogP contribution in [-0.2, 0) is 19.8 Å². The van der Waals surface area contributed by atoms with Crippen LogP contribution in [0.1, 0.15) is 66.7 Å². The Hall–Kier alpha value is -5.47. The molecule has 0 spiro atoms. The molecule has 8 nitrogen and oxygen atoms in total. The highest BCUT2D eigenvalue weighted by atomic mass is 16.6. The molecular weight excluding hydrogens is 612 g/mol. The Kier molecular flexibility index (Phi) is 9.51. The number of nitrogens with zero attached hydrogens (tertiary/aromatic N) is 3. The molecule has 8 heteroatoms. The van der Waals surface area contributed by atoms with E-state index in [9.17, 15) is 9.59 Å². The number of imidazole rings is 1. The van der Waals surface area contributed by atoms with Gasteiger partial charge in [0.25, 0.3) is 0 Å². The van der Waals surface area contributed by atoms with Crippen LogP contribution in [0.3, 0.4) is 0 Å². The Balaban J connectivity index is 1.50. The lowest BCUT2D eigenvalue weighted by atomic mass is 9.77. The molecule has 2 heterocycles. The number of carbonyl (C=O) groups is 2. The number of likely N-dealkylation sites (N-methyl/N-ethyl adjacent to an activating group) is 1. The van der Waals surface area contributed by atoms with Gasteiger partial charge in [0.1, 0.15) is 17.2 Å². The number of esters is 1. The highest BCUT2D eigenvalue weighted by molar-refractivity contribution is 5.98. The minimum Gasteiger partial charge on any atom is -0.468 e. The van der Waals surface area contributed by atoms with E-state index in [2.05, 4.69) is 95.0 Å². The summed E-state index contributed by atoms with van der Waals surface area (Å²) in [7, 11) is 3.09. The summed E-state index contributed by atoms with van der Waals surface area (Å²) in [5.74, 6) is -0.398. The maximum absolute atomic E-state index is 13.4. The summed E-state index contributed by atoms with van der Waals surface area (Å²) in [5.41, 5.74) is 5.99. The summed E-state index contributed by atoms with van der Waals surface area (Å²) in [6, 6.07) is 36.4. The van der Waals surface area contributed by atoms with E-state index >= 15 is 0 Å². The molecule has 1 atom stereocenters. The van der Waals surface area contributed by atoms with E-state index in [4.69, 9.17) is 14.5 Å². The molecule has 0 bridgehead atoms. The van der Waals surface area contributed by atoms with Gasteiger partial charge in [0.15, 0.2) is 0 Å². The lowest BCUT2D eigenvalue weighted by molar-refractivity contribution is -0.143. The van der Waals surface area contributed by atoms with Crippen molar-refractivity contribution in [3.05, 3.63) is 155 Å². The van der Waals surface area contributed by atoms with Crippen molar-refractivity contribution in [3.8, 4) is 0 Å². The first-order valence-corrected chi connectivity index (χ1v) is 16.5. The molecule has 250 valence electrons. The van der Waals surface area contributed by atoms with Crippen LogP contribution in [0.5, 0.6) is 0 Å². The van der Waals surface area contributed by atoms with E-state index in [0.717, 1.165) is 39.1 Å². The maximum atomic E-state index is 13.4. The number of amides is 1. The average molecular weight is 655 g/mol. The average Bonchev–Trinajstić information content (AvgIpc) is 3.58. The number of carbonyl (C=O) groups excluding carboxylic acids is 2. The Morgan fingerprint density at radius 3 is 1.94 bits per heavy atom. The summed E-state index contributed by atoms with van der Waals surface area (Å²) < 4.78 is 13.0. The van der Waals surface area contributed by atoms with E-state index in [1.807, 2.05) is 63.5 Å². The van der Waals surface area contributed by atoms with Crippen LogP contribution in [0.25, 0.3) is 11.6 Å². The van der Waals surface area contributed by atoms with E-state index in [-0.39, 0.29) is 0 Å². The third-order valence-corrected chi connectivity index (χ3v) is 8.82. The molecule has 0 saturated carbocycles. The van der Waals surface area contributed by atoms with Gasteiger partial charge >= 0.3 is 12.1 Å². The van der Waals surface area contributed by atoms with Crippen LogP contribution in [0, 0.1) is 0 Å². The topological polar surface area (TPSA) is 85.7 Å². The molecular formula is C41H42N4O4. The van der Waals surface area contributed by atoms with Crippen LogP contribution in [0.15, 0.2) is 122 Å². The van der Waals surface area contributed by atoms with Gasteiger partial charge in [-0.3, -0.25) is 4.90 Å². The monoisotopic (exact) mass is 654 g/mol. The number of hydrogen-bond acceptors (Lipinski definition) is 6. The van der Waals surface area contributed by atoms with E-state index in [0.29, 0.717) is 18.7 Å². The van der Waals surface area contributed by atoms with Crippen molar-refractivity contribution in [1.82, 2.24) is 14.9 Å². The van der Waals surface area contributed by atoms with E-state index in [1.54, 1.807) is 11.9 Å². The summed E-state index contributed by atoms with van der Waals surface area (Å²) in [4.78, 5) is 32.6. The number of benzene rings is 4. The third-order valence-electron chi connectivity index (χ3n) is 8.82. The first kappa shape index (κ1) is 33.4. The molecule has 1 aromatic heterocycles. The Morgan fingerprint density at radius 2 is 1.43 bits per heavy atom. The molecule has 5 aromatic rings. The quantitative estimate of drug-likeness (QED) is 0.136. The van der Waals surface area contributed by atoms with Crippen LogP contribution in [0.4, 0.5) is 10.5 Å². The van der Waals surface area contributed by atoms with E-state index in [1.165, 1.54) is 7.11 Å². The SMILES string of the molecule is CNC(C(=O)OC)c1ccc2c(c1)/C(=C/c1cn(C(c3ccccc3)(c3ccccc3)c3ccccc3)cn1)CCN2C(=O)OC(C)(C)C. The van der Waals surface area contributed by atoms with E-state index < -0.39 is 29.2 Å². The summed E-state index contributed by atoms with van der Waals surface area (Å²) in [6.07, 6.45) is 6.19. The first-order chi connectivity index (χ1) is 23.7. The fourth-order valence-electron chi connectivity index (χ4n) is 6.67. The maximum Gasteiger partial charge on any atom is 0.414 e. The molecule has 6 rings (SSSR count). The zero-order valence-electron chi connectivity index (χ0n) is 28.6. The number of rotatable bonds is 8. The minimum absolute atomic E-state index is 0.398. The molecule has 1 unspecified atom stereocenters. The Labute approximate surface area is 288 Å². The highest BCUT2D eigenvalue weighted by Gasteiger charge is 2.38. The second-order valence-corrected chi connectivity index (χ2v) is 13.1. The molecule has 1 aliphatic heterocycles. The highest BCUT2D eigenvalue weighted by Crippen LogP contribution is 2.42. The molecule has 49 heavy (non-hydrogen) atoms. The smallest absolute Gasteiger partial charge is 0.414 e. The van der Waals surface area contributed by atoms with Crippen LogP contribution in [0.2, 0.25) is 0 Å². The predicted octanol–water partition coefficient (Wildman–Crippen LogP) is 7.84. The van der Waals surface area contributed by atoms with Crippen molar-refractivity contribution < 1.29 is 19.1 Å². The van der Waals surface area contributed by atoms with Crippen molar-refractivity contribution in [2.45, 2.75) is 44.4 Å². The number of fused-ring (bicyclic) bond motifs is 1. The zero-order valence-corrected chi connectivity index (χ0v) is 28.6. The number of anilines is 1. The molecule has 4 aromatic carbocycles. The molecule has 0 radical (unpaired) electrons. The molecule has 0 aliphatic carbocycles. The number of aromatic nitrogens is 2. The zero-order chi connectivity index (χ0) is 34.6. The van der Waals surface area contributed by atoms with Gasteiger partial charge in [0.2, 0.25) is 0 Å². The fourth-order valence-corrected chi connectivity index (χ4v) is 6.67. The van der Waals surface area contributed by atoms with Gasteiger partial charge in [-0.25, -0.2) is 14.6 Å². The second-order valence-electron chi connectivity index (χ2n) is 13.1. The summed E-state index contributed by atoms with van der Waals surface area (Å²) in [5, 5.41) is 3.06. The molecule has 1 aliphatic rings. The van der Waals surface area contributed by atoms with Crippen LogP contribution < -0.4 is 10.2 Å². The van der Waals surface area contributed by atoms with Crippen molar-refractivity contribution >= 4 is 29.4 Å². The molecule has 0 saturated heterocycles. The van der Waals surface area contributed by atoms with Crippen molar-refractivity contribution in [3.63, 3.8) is 0 Å². The number of hydrogen-bond donors (Lipinski definition) is 1. The Bertz CT molecular complexity index is 1850. The number of nitrogens with one attached hydrogen (secondary N) is 1. The van der Waals surface area contributed by atoms with Crippen molar-refractivity contribution in [2.24, 2.45) is 0 Å². The fraction of sp³-hybridized carbons (Fsp3) is 0.244. The standard InChI is InChI=1S/C41H42N4O4/c1-40(2,3)49-39(47)45-24-23-29(35-26-30(21-22-36(35)45)37(42-4)38(46)48-5)25-34-27-44(28-43-34)41(31-15-9-6-10-16-31,32-17-11-7-12-18-32)33-19-13-8-14-20-33/h6-22,25-28,37,42H,23-24H2,1-5H3/b29-25+. The summed E-state index contributed by atoms with van der Waals surface area (Å²) >= 11 is 0. The van der Waals surface area contributed by atoms with Crippen molar-refractivity contribution in [2.75, 3.05) is 25.6 Å². The normalized spacial score (nSPS) is 14.6. The summed E-state index contributed by atoms with van der Waals surface area (Å²) in [6.45, 7) is 6.00. The van der Waals surface area contributed by atoms with Gasteiger partial charge in [-0.15, -0.1) is 0 Å². The van der Waals surface area contributed by atoms with Crippen LogP contribution in [-0.4, -0.2) is 47.9 Å². The van der Waals surface area contributed by atoms with Gasteiger partial charge in [0, 0.05) is 18.3 Å². The lowest BCUT2D eigenvalue weighted by Crippen LogP contribution is -2.39. The lowest BCUT2D eigenvalue weighted by Gasteiger charge is -2.37. The number of ether oxygens (including phenoxy) is 2. The largest absolute Gasteiger partial charge is 0.468 e. The minimum atomic E-state index is -0.695. The van der Waals surface area contributed by atoms with Gasteiger partial charge < -0.3 is 19.4 Å². The predicted molar refractivity (Wildman–Crippen MR) is 193 cm³/mol. The Morgan fingerprint density at radius 1 is 0.857 bits per heavy atom. The van der Waals surface area contributed by atoms with Gasteiger partial charge in [-0.2, -0.15) is 0 Å². The second kappa shape index (κ2) is 13.9. The molecule has 1 N–H and O–H groups in total. The first-order valence-electron chi connectivity index (χ1n) is 16.5. The molecule has 1 amide bonds. The van der Waals surface area contributed by atoms with Gasteiger partial charge in [-0.1, -0.05) is 97.1 Å². The number of methoxy groups -OCH3 is 1. The van der Waals surface area contributed by atoms with Gasteiger partial charge in [-0.05, 0) is 80.3 Å². The third kappa shape index (κ3) is 6.65. The van der Waals surface area contributed by atoms with Crippen LogP contribution >= 0.6 is 0 Å².